The summed E-state index contributed by atoms with van der Waals surface area (Å²) in [5, 5.41) is 10.3. The summed E-state index contributed by atoms with van der Waals surface area (Å²) in [5.41, 5.74) is 2.43. The number of fused-ring (bicyclic) bond motifs is 2. The van der Waals surface area contributed by atoms with Crippen LogP contribution in [0.3, 0.4) is 0 Å². The summed E-state index contributed by atoms with van der Waals surface area (Å²) in [6, 6.07) is 12.1. The van der Waals surface area contributed by atoms with Gasteiger partial charge in [-0.25, -0.2) is 8.42 Å². The van der Waals surface area contributed by atoms with E-state index >= 15 is 0 Å². The average molecular weight is 444 g/mol. The van der Waals surface area contributed by atoms with Crippen LogP contribution in [0, 0.1) is 6.92 Å². The van der Waals surface area contributed by atoms with Crippen molar-refractivity contribution in [3.05, 3.63) is 63.9 Å². The quantitative estimate of drug-likeness (QED) is 0.603. The molecule has 0 saturated heterocycles. The van der Waals surface area contributed by atoms with E-state index in [1.54, 1.807) is 12.1 Å². The van der Waals surface area contributed by atoms with Gasteiger partial charge in [-0.05, 0) is 36.1 Å². The van der Waals surface area contributed by atoms with Crippen LogP contribution in [0.25, 0.3) is 10.9 Å². The van der Waals surface area contributed by atoms with Gasteiger partial charge in [0.1, 0.15) is 12.4 Å². The predicted octanol–water partition coefficient (Wildman–Crippen LogP) is 1.85. The number of ether oxygens (including phenoxy) is 1. The molecule has 31 heavy (non-hydrogen) atoms. The number of benzene rings is 2. The molecule has 0 bridgehead atoms. The molecular formula is C22H25N3O5S. The maximum absolute atomic E-state index is 13.4. The third kappa shape index (κ3) is 4.04. The lowest BCUT2D eigenvalue weighted by Crippen LogP contribution is -2.35. The van der Waals surface area contributed by atoms with Gasteiger partial charge in [0, 0.05) is 31.8 Å². The molecule has 164 valence electrons. The monoisotopic (exact) mass is 443 g/mol. The number of aromatic amines is 1. The molecule has 2 heterocycles. The topological polar surface area (TPSA) is 103 Å². The van der Waals surface area contributed by atoms with Gasteiger partial charge in [0.15, 0.2) is 0 Å². The molecule has 1 aromatic heterocycles. The van der Waals surface area contributed by atoms with Gasteiger partial charge in [-0.1, -0.05) is 18.2 Å². The molecule has 1 aliphatic heterocycles. The molecule has 0 unspecified atom stereocenters. The van der Waals surface area contributed by atoms with E-state index in [-0.39, 0.29) is 30.2 Å². The Morgan fingerprint density at radius 1 is 1.23 bits per heavy atom. The van der Waals surface area contributed by atoms with Crippen molar-refractivity contribution >= 4 is 26.6 Å². The Labute approximate surface area is 180 Å². The van der Waals surface area contributed by atoms with Gasteiger partial charge >= 0.3 is 0 Å². The minimum absolute atomic E-state index is 0.0584. The Morgan fingerprint density at radius 2 is 2.03 bits per heavy atom. The maximum Gasteiger partial charge on any atom is 0.252 e. The first-order chi connectivity index (χ1) is 14.8. The minimum Gasteiger partial charge on any atom is -0.490 e. The highest BCUT2D eigenvalue weighted by Gasteiger charge is 2.27. The van der Waals surface area contributed by atoms with Gasteiger partial charge < -0.3 is 19.7 Å². The van der Waals surface area contributed by atoms with Crippen molar-refractivity contribution in [1.29, 1.82) is 0 Å². The Balaban J connectivity index is 1.71. The van der Waals surface area contributed by atoms with E-state index in [0.717, 1.165) is 33.0 Å². The zero-order valence-electron chi connectivity index (χ0n) is 17.5. The van der Waals surface area contributed by atoms with Crippen LogP contribution in [-0.2, 0) is 16.6 Å². The molecule has 4 rings (SSSR count). The lowest BCUT2D eigenvalue weighted by Gasteiger charge is -2.28. The fraction of sp³-hybridized carbons (Fsp3) is 0.318. The first-order valence-corrected chi connectivity index (χ1v) is 11.5. The van der Waals surface area contributed by atoms with Crippen molar-refractivity contribution in [2.75, 3.05) is 38.3 Å². The number of H-pyrrole nitrogens is 1. The first kappa shape index (κ1) is 21.4. The largest absolute Gasteiger partial charge is 0.490 e. The Bertz CT molecular complexity index is 1290. The third-order valence-corrected chi connectivity index (χ3v) is 7.37. The van der Waals surface area contributed by atoms with Crippen LogP contribution in [0.15, 0.2) is 52.2 Å². The van der Waals surface area contributed by atoms with Crippen LogP contribution >= 0.6 is 0 Å². The zero-order chi connectivity index (χ0) is 22.2. The van der Waals surface area contributed by atoms with Crippen LogP contribution in [0.1, 0.15) is 11.1 Å². The van der Waals surface area contributed by atoms with E-state index < -0.39 is 10.0 Å². The van der Waals surface area contributed by atoms with Crippen LogP contribution in [-0.4, -0.2) is 56.2 Å². The zero-order valence-corrected chi connectivity index (χ0v) is 18.3. The Kier molecular flexibility index (Phi) is 5.74. The molecule has 9 heteroatoms. The van der Waals surface area contributed by atoms with Crippen LogP contribution in [0.2, 0.25) is 0 Å². The molecule has 0 atom stereocenters. The van der Waals surface area contributed by atoms with Crippen molar-refractivity contribution < 1.29 is 18.3 Å². The smallest absolute Gasteiger partial charge is 0.252 e. The SMILES string of the molecule is Cc1cccc2cc(CN(CCO)S(=O)(=O)c3ccc4c(c3)OCCN4C)c(=O)[nH]c12. The van der Waals surface area contributed by atoms with Gasteiger partial charge in [0.2, 0.25) is 10.0 Å². The van der Waals surface area contributed by atoms with Gasteiger partial charge in [-0.2, -0.15) is 4.31 Å². The summed E-state index contributed by atoms with van der Waals surface area (Å²) in [5.74, 6) is 0.498. The fourth-order valence-corrected chi connectivity index (χ4v) is 5.20. The Morgan fingerprint density at radius 3 is 2.81 bits per heavy atom. The molecule has 0 radical (unpaired) electrons. The second-order valence-electron chi connectivity index (χ2n) is 7.62. The summed E-state index contributed by atoms with van der Waals surface area (Å²) >= 11 is 0. The summed E-state index contributed by atoms with van der Waals surface area (Å²) in [4.78, 5) is 17.6. The molecule has 0 amide bonds. The highest BCUT2D eigenvalue weighted by atomic mass is 32.2. The number of hydrogen-bond donors (Lipinski definition) is 2. The molecule has 2 aromatic carbocycles. The number of nitrogens with one attached hydrogen (secondary N) is 1. The van der Waals surface area contributed by atoms with E-state index in [0.29, 0.717) is 17.9 Å². The molecule has 3 aromatic rings. The molecule has 1 aliphatic rings. The number of aliphatic hydroxyl groups excluding tert-OH is 1. The van der Waals surface area contributed by atoms with E-state index in [2.05, 4.69) is 4.98 Å². The van der Waals surface area contributed by atoms with Crippen molar-refractivity contribution in [1.82, 2.24) is 9.29 Å². The molecule has 2 N–H and O–H groups in total. The molecule has 8 nitrogen and oxygen atoms in total. The number of rotatable bonds is 6. The van der Waals surface area contributed by atoms with Crippen LogP contribution in [0.5, 0.6) is 5.75 Å². The van der Waals surface area contributed by atoms with Crippen molar-refractivity contribution in [2.24, 2.45) is 0 Å². The number of hydrogen-bond acceptors (Lipinski definition) is 6. The van der Waals surface area contributed by atoms with Gasteiger partial charge in [-0.3, -0.25) is 4.79 Å². The van der Waals surface area contributed by atoms with Crippen molar-refractivity contribution in [3.63, 3.8) is 0 Å². The number of anilines is 1. The van der Waals surface area contributed by atoms with Gasteiger partial charge in [0.25, 0.3) is 5.56 Å². The summed E-state index contributed by atoms with van der Waals surface area (Å²) in [6.07, 6.45) is 0. The summed E-state index contributed by atoms with van der Waals surface area (Å²) in [7, 11) is -2.05. The van der Waals surface area contributed by atoms with E-state index in [4.69, 9.17) is 4.74 Å². The number of likely N-dealkylation sites (N-methyl/N-ethyl adjacent to an activating group) is 1. The number of pyridine rings is 1. The van der Waals surface area contributed by atoms with Crippen LogP contribution < -0.4 is 15.2 Å². The normalized spacial score (nSPS) is 14.0. The molecule has 0 fully saturated rings. The first-order valence-electron chi connectivity index (χ1n) is 10.0. The van der Waals surface area contributed by atoms with Crippen molar-refractivity contribution in [2.45, 2.75) is 18.4 Å². The fourth-order valence-electron chi connectivity index (χ4n) is 3.78. The highest BCUT2D eigenvalue weighted by molar-refractivity contribution is 7.89. The molecule has 0 saturated carbocycles. The van der Waals surface area contributed by atoms with Crippen molar-refractivity contribution in [3.8, 4) is 5.75 Å². The summed E-state index contributed by atoms with van der Waals surface area (Å²) < 4.78 is 33.5. The molecule has 0 aliphatic carbocycles. The number of aliphatic hydroxyl groups is 1. The number of sulfonamides is 1. The standard InChI is InChI=1S/C22H25N3O5S/c1-15-4-3-5-16-12-17(22(27)23-21(15)16)14-25(8-10-26)31(28,29)18-6-7-19-20(13-18)30-11-9-24(19)2/h3-7,12-13,26H,8-11,14H2,1-2H3,(H,23,27). The average Bonchev–Trinajstić information content (AvgIpc) is 2.74. The summed E-state index contributed by atoms with van der Waals surface area (Å²) in [6.45, 7) is 2.44. The predicted molar refractivity (Wildman–Crippen MR) is 119 cm³/mol. The third-order valence-electron chi connectivity index (χ3n) is 5.53. The van der Waals surface area contributed by atoms with Gasteiger partial charge in [-0.15, -0.1) is 0 Å². The highest BCUT2D eigenvalue weighted by Crippen LogP contribution is 2.34. The second-order valence-corrected chi connectivity index (χ2v) is 9.56. The number of aryl methyl sites for hydroxylation is 1. The molecule has 0 spiro atoms. The van der Waals surface area contributed by atoms with E-state index in [1.807, 2.05) is 37.1 Å². The lowest BCUT2D eigenvalue weighted by atomic mass is 10.1. The lowest BCUT2D eigenvalue weighted by molar-refractivity contribution is 0.250. The molecular weight excluding hydrogens is 418 g/mol. The van der Waals surface area contributed by atoms with E-state index in [1.165, 1.54) is 12.1 Å². The number of para-hydroxylation sites is 1. The minimum atomic E-state index is -3.97. The number of nitrogens with zero attached hydrogens (tertiary/aromatic N) is 2. The number of aromatic nitrogens is 1. The van der Waals surface area contributed by atoms with E-state index in [9.17, 15) is 18.3 Å². The second kappa shape index (κ2) is 8.33. The van der Waals surface area contributed by atoms with Crippen LogP contribution in [0.4, 0.5) is 5.69 Å². The Hall–Kier alpha value is -2.88. The maximum atomic E-state index is 13.4. The van der Waals surface area contributed by atoms with Gasteiger partial charge in [0.05, 0.1) is 29.3 Å².